The van der Waals surface area contributed by atoms with E-state index in [1.807, 2.05) is 26.0 Å². The molecule has 122 valence electrons. The van der Waals surface area contributed by atoms with Crippen molar-refractivity contribution in [3.8, 4) is 11.5 Å². The first kappa shape index (κ1) is 14.8. The molecule has 2 aromatic heterocycles. The van der Waals surface area contributed by atoms with E-state index in [9.17, 15) is 4.79 Å². The Balaban J connectivity index is 1.58. The van der Waals surface area contributed by atoms with Gasteiger partial charge < -0.3 is 14.3 Å². The van der Waals surface area contributed by atoms with Gasteiger partial charge in [-0.05, 0) is 50.5 Å². The molecule has 0 bridgehead atoms. The molecule has 1 aliphatic rings. The van der Waals surface area contributed by atoms with E-state index in [2.05, 4.69) is 16.5 Å². The number of nitrogens with one attached hydrogen (secondary N) is 1. The Hall–Kier alpha value is -2.82. The van der Waals surface area contributed by atoms with Gasteiger partial charge in [0.15, 0.2) is 5.76 Å². The van der Waals surface area contributed by atoms with Crippen molar-refractivity contribution in [2.75, 3.05) is 5.32 Å². The normalized spacial score (nSPS) is 15.2. The van der Waals surface area contributed by atoms with Crippen LogP contribution in [0.1, 0.15) is 29.7 Å². The quantitative estimate of drug-likeness (QED) is 0.781. The zero-order valence-electron chi connectivity index (χ0n) is 13.6. The molecule has 0 radical (unpaired) electrons. The molecule has 0 spiro atoms. The number of nitrogens with zero attached hydrogens (tertiary/aromatic N) is 1. The lowest BCUT2D eigenvalue weighted by Gasteiger charge is -2.14. The van der Waals surface area contributed by atoms with Crippen LogP contribution in [0.2, 0.25) is 0 Å². The van der Waals surface area contributed by atoms with Gasteiger partial charge in [0.25, 0.3) is 0 Å². The number of benzene rings is 1. The van der Waals surface area contributed by atoms with Crippen molar-refractivity contribution in [2.45, 2.75) is 32.1 Å². The molecule has 5 heteroatoms. The van der Waals surface area contributed by atoms with Crippen LogP contribution in [0.15, 0.2) is 51.6 Å². The van der Waals surface area contributed by atoms with Crippen LogP contribution in [0, 0.1) is 13.8 Å². The number of hydrogen-bond acceptors (Lipinski definition) is 4. The fraction of sp³-hybridized carbons (Fsp3) is 0.263. The predicted octanol–water partition coefficient (Wildman–Crippen LogP) is 4.22. The topological polar surface area (TPSA) is 68.3 Å². The molecule has 0 aliphatic heterocycles. The first-order valence-corrected chi connectivity index (χ1v) is 7.98. The van der Waals surface area contributed by atoms with Crippen molar-refractivity contribution in [3.63, 3.8) is 0 Å². The van der Waals surface area contributed by atoms with E-state index < -0.39 is 5.41 Å². The molecular formula is C19H18N2O3. The fourth-order valence-corrected chi connectivity index (χ4v) is 2.96. The van der Waals surface area contributed by atoms with Gasteiger partial charge in [-0.1, -0.05) is 22.9 Å². The molecule has 1 N–H and O–H groups in total. The Kier molecular flexibility index (Phi) is 3.30. The minimum absolute atomic E-state index is 0.0336. The van der Waals surface area contributed by atoms with Gasteiger partial charge >= 0.3 is 0 Å². The Morgan fingerprint density at radius 1 is 1.17 bits per heavy atom. The van der Waals surface area contributed by atoms with Gasteiger partial charge in [-0.25, -0.2) is 0 Å². The number of carbonyl (C=O) groups is 1. The van der Waals surface area contributed by atoms with E-state index in [1.54, 1.807) is 24.5 Å². The third-order valence-electron chi connectivity index (χ3n) is 4.58. The molecule has 1 amide bonds. The van der Waals surface area contributed by atoms with E-state index in [-0.39, 0.29) is 5.91 Å². The summed E-state index contributed by atoms with van der Waals surface area (Å²) in [6, 6.07) is 11.4. The Labute approximate surface area is 139 Å². The highest BCUT2D eigenvalue weighted by molar-refractivity contribution is 6.01. The average Bonchev–Trinajstić information content (AvgIpc) is 3.00. The van der Waals surface area contributed by atoms with Crippen molar-refractivity contribution in [3.05, 3.63) is 59.5 Å². The highest BCUT2D eigenvalue weighted by Crippen LogP contribution is 2.49. The largest absolute Gasteiger partial charge is 0.461 e. The minimum atomic E-state index is -0.592. The van der Waals surface area contributed by atoms with Gasteiger partial charge in [0.05, 0.1) is 17.4 Å². The van der Waals surface area contributed by atoms with E-state index in [0.29, 0.717) is 17.2 Å². The molecule has 0 unspecified atom stereocenters. The maximum absolute atomic E-state index is 12.8. The van der Waals surface area contributed by atoms with Crippen LogP contribution in [0.5, 0.6) is 0 Å². The van der Waals surface area contributed by atoms with Crippen molar-refractivity contribution in [1.29, 1.82) is 0 Å². The molecule has 3 aromatic rings. The minimum Gasteiger partial charge on any atom is -0.461 e. The Bertz CT molecular complexity index is 889. The van der Waals surface area contributed by atoms with E-state index in [1.165, 1.54) is 5.56 Å². The van der Waals surface area contributed by atoms with Crippen LogP contribution in [0.3, 0.4) is 0 Å². The van der Waals surface area contributed by atoms with E-state index in [4.69, 9.17) is 8.94 Å². The standard InChI is InChI=1S/C19H18N2O3/c1-12-5-6-14(13(2)10-12)20-18(22)19(7-8-19)17-11-16(24-21-17)15-4-3-9-23-15/h3-6,9-11H,7-8H2,1-2H3,(H,20,22). The van der Waals surface area contributed by atoms with Gasteiger partial charge in [-0.3, -0.25) is 4.79 Å². The summed E-state index contributed by atoms with van der Waals surface area (Å²) in [5.41, 5.74) is 3.13. The summed E-state index contributed by atoms with van der Waals surface area (Å²) in [6.45, 7) is 4.03. The fourth-order valence-electron chi connectivity index (χ4n) is 2.96. The molecule has 24 heavy (non-hydrogen) atoms. The van der Waals surface area contributed by atoms with Crippen LogP contribution in [0.25, 0.3) is 11.5 Å². The second-order valence-electron chi connectivity index (χ2n) is 6.41. The lowest BCUT2D eigenvalue weighted by molar-refractivity contribution is -0.118. The van der Waals surface area contributed by atoms with Crippen LogP contribution < -0.4 is 5.32 Å². The third-order valence-corrected chi connectivity index (χ3v) is 4.58. The number of hydrogen-bond donors (Lipinski definition) is 1. The zero-order valence-corrected chi connectivity index (χ0v) is 13.6. The first-order valence-electron chi connectivity index (χ1n) is 7.98. The second-order valence-corrected chi connectivity index (χ2v) is 6.41. The van der Waals surface area contributed by atoms with Crippen molar-refractivity contribution >= 4 is 11.6 Å². The average molecular weight is 322 g/mol. The Morgan fingerprint density at radius 3 is 2.67 bits per heavy atom. The molecule has 1 fully saturated rings. The number of furan rings is 1. The zero-order chi connectivity index (χ0) is 16.7. The highest BCUT2D eigenvalue weighted by Gasteiger charge is 2.54. The molecule has 4 rings (SSSR count). The predicted molar refractivity (Wildman–Crippen MR) is 89.7 cm³/mol. The third kappa shape index (κ3) is 2.42. The molecule has 1 aliphatic carbocycles. The van der Waals surface area contributed by atoms with Crippen LogP contribution >= 0.6 is 0 Å². The number of carbonyl (C=O) groups excluding carboxylic acids is 1. The number of aromatic nitrogens is 1. The molecule has 1 saturated carbocycles. The van der Waals surface area contributed by atoms with Crippen LogP contribution in [0.4, 0.5) is 5.69 Å². The number of amides is 1. The number of aryl methyl sites for hydroxylation is 2. The highest BCUT2D eigenvalue weighted by atomic mass is 16.5. The summed E-state index contributed by atoms with van der Waals surface area (Å²) >= 11 is 0. The van der Waals surface area contributed by atoms with Gasteiger partial charge in [0, 0.05) is 11.8 Å². The van der Waals surface area contributed by atoms with Crippen molar-refractivity contribution in [1.82, 2.24) is 5.16 Å². The summed E-state index contributed by atoms with van der Waals surface area (Å²) in [5.74, 6) is 1.12. The molecule has 5 nitrogen and oxygen atoms in total. The SMILES string of the molecule is Cc1ccc(NC(=O)C2(c3cc(-c4ccco4)on3)CC2)c(C)c1. The maximum atomic E-state index is 12.8. The summed E-state index contributed by atoms with van der Waals surface area (Å²) in [5, 5.41) is 7.15. The molecule has 0 atom stereocenters. The number of rotatable bonds is 4. The lowest BCUT2D eigenvalue weighted by Crippen LogP contribution is -2.28. The maximum Gasteiger partial charge on any atom is 0.236 e. The summed E-state index contributed by atoms with van der Waals surface area (Å²) in [6.07, 6.45) is 3.12. The molecule has 0 saturated heterocycles. The summed E-state index contributed by atoms with van der Waals surface area (Å²) in [4.78, 5) is 12.8. The van der Waals surface area contributed by atoms with E-state index in [0.717, 1.165) is 24.1 Å². The first-order chi connectivity index (χ1) is 11.6. The second kappa shape index (κ2) is 5.37. The lowest BCUT2D eigenvalue weighted by atomic mass is 10.0. The van der Waals surface area contributed by atoms with Crippen LogP contribution in [-0.2, 0) is 10.2 Å². The molecule has 1 aromatic carbocycles. The Morgan fingerprint density at radius 2 is 2.00 bits per heavy atom. The number of anilines is 1. The van der Waals surface area contributed by atoms with Gasteiger partial charge in [-0.15, -0.1) is 0 Å². The van der Waals surface area contributed by atoms with Crippen LogP contribution in [-0.4, -0.2) is 11.1 Å². The molecule has 2 heterocycles. The van der Waals surface area contributed by atoms with Crippen molar-refractivity contribution < 1.29 is 13.7 Å². The summed E-state index contributed by atoms with van der Waals surface area (Å²) < 4.78 is 10.7. The monoisotopic (exact) mass is 322 g/mol. The smallest absolute Gasteiger partial charge is 0.236 e. The summed E-state index contributed by atoms with van der Waals surface area (Å²) in [7, 11) is 0. The van der Waals surface area contributed by atoms with Gasteiger partial charge in [-0.2, -0.15) is 0 Å². The van der Waals surface area contributed by atoms with Gasteiger partial charge in [0.1, 0.15) is 0 Å². The van der Waals surface area contributed by atoms with E-state index >= 15 is 0 Å². The molecular weight excluding hydrogens is 304 g/mol. The van der Waals surface area contributed by atoms with Gasteiger partial charge in [0.2, 0.25) is 11.7 Å². The van der Waals surface area contributed by atoms with Crippen molar-refractivity contribution in [2.24, 2.45) is 0 Å².